The molecule has 2 atom stereocenters. The number of carbonyl (C=O) groups excluding carboxylic acids is 1. The molecule has 1 heterocycles. The third-order valence-corrected chi connectivity index (χ3v) is 4.03. The van der Waals surface area contributed by atoms with Gasteiger partial charge in [-0.3, -0.25) is 4.79 Å². The molecule has 0 bridgehead atoms. The summed E-state index contributed by atoms with van der Waals surface area (Å²) in [6, 6.07) is 7.39. The molecular formula is C17H26N2O3. The highest BCUT2D eigenvalue weighted by Crippen LogP contribution is 2.25. The van der Waals surface area contributed by atoms with Crippen molar-refractivity contribution in [3.63, 3.8) is 0 Å². The molecule has 2 N–H and O–H groups in total. The molecular weight excluding hydrogens is 280 g/mol. The second-order valence-electron chi connectivity index (χ2n) is 5.67. The first-order chi connectivity index (χ1) is 10.7. The number of unbranched alkanes of at least 4 members (excludes halogenated alkanes) is 1. The summed E-state index contributed by atoms with van der Waals surface area (Å²) >= 11 is 0. The van der Waals surface area contributed by atoms with E-state index >= 15 is 0 Å². The normalized spacial score (nSPS) is 19.8. The van der Waals surface area contributed by atoms with Crippen LogP contribution in [-0.2, 0) is 9.53 Å². The number of amides is 1. The highest BCUT2D eigenvalue weighted by Gasteiger charge is 2.28. The van der Waals surface area contributed by atoms with Crippen LogP contribution in [0, 0.1) is 0 Å². The van der Waals surface area contributed by atoms with Crippen molar-refractivity contribution in [3.8, 4) is 5.75 Å². The number of nitrogens with zero attached hydrogens (tertiary/aromatic N) is 1. The van der Waals surface area contributed by atoms with E-state index in [9.17, 15) is 4.79 Å². The first-order valence-corrected chi connectivity index (χ1v) is 7.95. The van der Waals surface area contributed by atoms with Gasteiger partial charge in [-0.05, 0) is 24.1 Å². The van der Waals surface area contributed by atoms with Gasteiger partial charge in [0.1, 0.15) is 11.9 Å². The zero-order valence-electron chi connectivity index (χ0n) is 13.5. The molecule has 2 rings (SSSR count). The molecule has 0 aromatic heterocycles. The molecule has 5 heteroatoms. The molecule has 5 nitrogen and oxygen atoms in total. The fourth-order valence-corrected chi connectivity index (χ4v) is 2.67. The van der Waals surface area contributed by atoms with Crippen molar-refractivity contribution in [1.82, 2.24) is 4.90 Å². The molecule has 1 aliphatic heterocycles. The number of hydrogen-bond acceptors (Lipinski definition) is 4. The summed E-state index contributed by atoms with van der Waals surface area (Å²) in [5, 5.41) is 0. The molecule has 0 spiro atoms. The molecule has 1 amide bonds. The van der Waals surface area contributed by atoms with Crippen molar-refractivity contribution >= 4 is 5.91 Å². The van der Waals surface area contributed by atoms with Gasteiger partial charge in [0.25, 0.3) is 0 Å². The van der Waals surface area contributed by atoms with Crippen LogP contribution in [-0.4, -0.2) is 43.7 Å². The number of benzene rings is 1. The maximum absolute atomic E-state index is 12.4. The van der Waals surface area contributed by atoms with Crippen LogP contribution in [0.1, 0.15) is 37.9 Å². The first kappa shape index (κ1) is 16.8. The van der Waals surface area contributed by atoms with Gasteiger partial charge in [-0.15, -0.1) is 0 Å². The van der Waals surface area contributed by atoms with E-state index in [2.05, 4.69) is 6.92 Å². The third-order valence-electron chi connectivity index (χ3n) is 4.03. The van der Waals surface area contributed by atoms with Crippen molar-refractivity contribution in [2.75, 3.05) is 26.8 Å². The fraction of sp³-hybridized carbons (Fsp3) is 0.588. The molecule has 122 valence electrons. The van der Waals surface area contributed by atoms with E-state index in [1.165, 1.54) is 0 Å². The molecule has 1 saturated heterocycles. The SMILES string of the molecule is CCCCC(N)C(=O)N1CCOC(c2cccc(OC)c2)C1. The molecule has 0 aliphatic carbocycles. The molecule has 2 unspecified atom stereocenters. The Morgan fingerprint density at radius 2 is 2.36 bits per heavy atom. The predicted octanol–water partition coefficient (Wildman–Crippen LogP) is 2.11. The largest absolute Gasteiger partial charge is 0.497 e. The van der Waals surface area contributed by atoms with Gasteiger partial charge in [-0.2, -0.15) is 0 Å². The Balaban J connectivity index is 2.00. The quantitative estimate of drug-likeness (QED) is 0.874. The van der Waals surface area contributed by atoms with Gasteiger partial charge < -0.3 is 20.1 Å². The molecule has 1 aliphatic rings. The molecule has 0 saturated carbocycles. The first-order valence-electron chi connectivity index (χ1n) is 7.95. The number of rotatable bonds is 6. The average Bonchev–Trinajstić information content (AvgIpc) is 2.59. The van der Waals surface area contributed by atoms with Gasteiger partial charge >= 0.3 is 0 Å². The smallest absolute Gasteiger partial charge is 0.239 e. The fourth-order valence-electron chi connectivity index (χ4n) is 2.67. The summed E-state index contributed by atoms with van der Waals surface area (Å²) in [4.78, 5) is 14.3. The van der Waals surface area contributed by atoms with Crippen LogP contribution in [0.4, 0.5) is 0 Å². The van der Waals surface area contributed by atoms with Gasteiger partial charge in [0.2, 0.25) is 5.91 Å². The second kappa shape index (κ2) is 8.15. The minimum atomic E-state index is -0.399. The predicted molar refractivity (Wildman–Crippen MR) is 85.8 cm³/mol. The van der Waals surface area contributed by atoms with Gasteiger partial charge in [0.05, 0.1) is 26.3 Å². The number of nitrogens with two attached hydrogens (primary N) is 1. The summed E-state index contributed by atoms with van der Waals surface area (Å²) in [7, 11) is 1.64. The van der Waals surface area contributed by atoms with E-state index in [1.54, 1.807) is 7.11 Å². The van der Waals surface area contributed by atoms with Gasteiger partial charge in [-0.25, -0.2) is 0 Å². The third kappa shape index (κ3) is 4.21. The Kier molecular flexibility index (Phi) is 6.21. The zero-order valence-corrected chi connectivity index (χ0v) is 13.5. The zero-order chi connectivity index (χ0) is 15.9. The molecule has 1 aromatic rings. The van der Waals surface area contributed by atoms with Crippen molar-refractivity contribution in [2.45, 2.75) is 38.3 Å². The van der Waals surface area contributed by atoms with Crippen molar-refractivity contribution in [1.29, 1.82) is 0 Å². The Morgan fingerprint density at radius 1 is 1.55 bits per heavy atom. The molecule has 1 aromatic carbocycles. The van der Waals surface area contributed by atoms with Crippen molar-refractivity contribution < 1.29 is 14.3 Å². The molecule has 0 radical (unpaired) electrons. The lowest BCUT2D eigenvalue weighted by atomic mass is 10.1. The van der Waals surface area contributed by atoms with Gasteiger partial charge in [-0.1, -0.05) is 31.9 Å². The maximum atomic E-state index is 12.4. The van der Waals surface area contributed by atoms with Crippen molar-refractivity contribution in [2.24, 2.45) is 5.73 Å². The number of methoxy groups -OCH3 is 1. The van der Waals surface area contributed by atoms with Crippen LogP contribution < -0.4 is 10.5 Å². The van der Waals surface area contributed by atoms with Crippen LogP contribution in [0.5, 0.6) is 5.75 Å². The second-order valence-corrected chi connectivity index (χ2v) is 5.67. The number of hydrogen-bond donors (Lipinski definition) is 1. The standard InChI is InChI=1S/C17H26N2O3/c1-3-4-8-15(18)17(20)19-9-10-22-16(12-19)13-6-5-7-14(11-13)21-2/h5-7,11,15-16H,3-4,8-10,12,18H2,1-2H3. The molecule has 1 fully saturated rings. The highest BCUT2D eigenvalue weighted by atomic mass is 16.5. The lowest BCUT2D eigenvalue weighted by Gasteiger charge is -2.34. The minimum absolute atomic E-state index is 0.0321. The topological polar surface area (TPSA) is 64.8 Å². The van der Waals surface area contributed by atoms with E-state index in [0.717, 1.165) is 30.6 Å². The van der Waals surface area contributed by atoms with Gasteiger partial charge in [0, 0.05) is 6.54 Å². The summed E-state index contributed by atoms with van der Waals surface area (Å²) in [6.07, 6.45) is 2.66. The van der Waals surface area contributed by atoms with E-state index in [1.807, 2.05) is 29.2 Å². The van der Waals surface area contributed by atoms with E-state index in [0.29, 0.717) is 19.7 Å². The van der Waals surface area contributed by atoms with Gasteiger partial charge in [0.15, 0.2) is 0 Å². The maximum Gasteiger partial charge on any atom is 0.239 e. The Hall–Kier alpha value is -1.59. The van der Waals surface area contributed by atoms with Crippen LogP contribution in [0.3, 0.4) is 0 Å². The average molecular weight is 306 g/mol. The lowest BCUT2D eigenvalue weighted by Crippen LogP contribution is -2.49. The number of ether oxygens (including phenoxy) is 2. The van der Waals surface area contributed by atoms with Crippen LogP contribution in [0.2, 0.25) is 0 Å². The molecule has 22 heavy (non-hydrogen) atoms. The highest BCUT2D eigenvalue weighted by molar-refractivity contribution is 5.81. The van der Waals surface area contributed by atoms with Crippen LogP contribution in [0.15, 0.2) is 24.3 Å². The summed E-state index contributed by atoms with van der Waals surface area (Å²) in [6.45, 7) is 3.80. The van der Waals surface area contributed by atoms with Crippen LogP contribution >= 0.6 is 0 Å². The van der Waals surface area contributed by atoms with E-state index in [4.69, 9.17) is 15.2 Å². The van der Waals surface area contributed by atoms with Crippen LogP contribution in [0.25, 0.3) is 0 Å². The van der Waals surface area contributed by atoms with E-state index < -0.39 is 6.04 Å². The minimum Gasteiger partial charge on any atom is -0.497 e. The van der Waals surface area contributed by atoms with E-state index in [-0.39, 0.29) is 12.0 Å². The number of carbonyl (C=O) groups is 1. The summed E-state index contributed by atoms with van der Waals surface area (Å²) in [5.41, 5.74) is 7.04. The Morgan fingerprint density at radius 3 is 3.09 bits per heavy atom. The van der Waals surface area contributed by atoms with Crippen molar-refractivity contribution in [3.05, 3.63) is 29.8 Å². The Bertz CT molecular complexity index is 493. The number of morpholine rings is 1. The summed E-state index contributed by atoms with van der Waals surface area (Å²) < 4.78 is 11.1. The lowest BCUT2D eigenvalue weighted by molar-refractivity contribution is -0.140. The summed E-state index contributed by atoms with van der Waals surface area (Å²) in [5.74, 6) is 0.828. The Labute approximate surface area is 132 Å². The monoisotopic (exact) mass is 306 g/mol.